The Labute approximate surface area is 141 Å². The van der Waals surface area contributed by atoms with Gasteiger partial charge in [0.05, 0.1) is 0 Å². The highest BCUT2D eigenvalue weighted by Crippen LogP contribution is 2.41. The third-order valence-electron chi connectivity index (χ3n) is 4.84. The van der Waals surface area contributed by atoms with Gasteiger partial charge in [-0.3, -0.25) is 14.5 Å². The van der Waals surface area contributed by atoms with Gasteiger partial charge in [0.2, 0.25) is 5.91 Å². The number of hydrogen-bond acceptors (Lipinski definition) is 4. The lowest BCUT2D eigenvalue weighted by molar-refractivity contribution is -0.138. The summed E-state index contributed by atoms with van der Waals surface area (Å²) >= 11 is 0. The third kappa shape index (κ3) is 2.54. The minimum absolute atomic E-state index is 0.227. The van der Waals surface area contributed by atoms with E-state index in [1.165, 1.54) is 4.90 Å². The molecule has 1 aromatic rings. The van der Waals surface area contributed by atoms with Gasteiger partial charge in [0.15, 0.2) is 0 Å². The SMILES string of the molecule is CNCCN(C)C(=O)CN1C(=O)NC2(CCc3ccccc32)C1=O. The number of fused-ring (bicyclic) bond motifs is 2. The summed E-state index contributed by atoms with van der Waals surface area (Å²) < 4.78 is 0. The molecular weight excluding hydrogens is 308 g/mol. The van der Waals surface area contributed by atoms with Gasteiger partial charge < -0.3 is 15.5 Å². The number of benzene rings is 1. The molecule has 128 valence electrons. The van der Waals surface area contributed by atoms with Crippen LogP contribution in [0.1, 0.15) is 17.5 Å². The van der Waals surface area contributed by atoms with Crippen LogP contribution in [0.4, 0.5) is 4.79 Å². The molecule has 0 radical (unpaired) electrons. The summed E-state index contributed by atoms with van der Waals surface area (Å²) in [6.45, 7) is 0.946. The van der Waals surface area contributed by atoms with Crippen molar-refractivity contribution in [2.75, 3.05) is 33.7 Å². The fraction of sp³-hybridized carbons (Fsp3) is 0.471. The van der Waals surface area contributed by atoms with Crippen LogP contribution in [0.25, 0.3) is 0 Å². The summed E-state index contributed by atoms with van der Waals surface area (Å²) in [6, 6.07) is 7.15. The first-order chi connectivity index (χ1) is 11.5. The number of hydrogen-bond donors (Lipinski definition) is 2. The van der Waals surface area contributed by atoms with Crippen LogP contribution in [0.5, 0.6) is 0 Å². The van der Waals surface area contributed by atoms with Crippen LogP contribution < -0.4 is 10.6 Å². The lowest BCUT2D eigenvalue weighted by atomic mass is 9.92. The van der Waals surface area contributed by atoms with Crippen LogP contribution in [0.15, 0.2) is 24.3 Å². The van der Waals surface area contributed by atoms with Crippen molar-refractivity contribution >= 4 is 17.8 Å². The second-order valence-corrected chi connectivity index (χ2v) is 6.30. The topological polar surface area (TPSA) is 81.8 Å². The van der Waals surface area contributed by atoms with E-state index in [-0.39, 0.29) is 18.4 Å². The molecule has 3 rings (SSSR count). The van der Waals surface area contributed by atoms with Crippen molar-refractivity contribution in [3.8, 4) is 0 Å². The summed E-state index contributed by atoms with van der Waals surface area (Å²) in [7, 11) is 3.47. The van der Waals surface area contributed by atoms with Crippen LogP contribution in [-0.4, -0.2) is 61.4 Å². The van der Waals surface area contributed by atoms with Gasteiger partial charge in [0, 0.05) is 20.1 Å². The molecule has 0 bridgehead atoms. The Morgan fingerprint density at radius 1 is 1.38 bits per heavy atom. The predicted molar refractivity (Wildman–Crippen MR) is 88.2 cm³/mol. The molecule has 2 N–H and O–H groups in total. The highest BCUT2D eigenvalue weighted by Gasteiger charge is 2.55. The first-order valence-corrected chi connectivity index (χ1v) is 8.10. The van der Waals surface area contributed by atoms with E-state index in [0.29, 0.717) is 19.5 Å². The van der Waals surface area contributed by atoms with Gasteiger partial charge in [-0.15, -0.1) is 0 Å². The van der Waals surface area contributed by atoms with Crippen LogP contribution in [-0.2, 0) is 21.5 Å². The molecule has 1 aliphatic carbocycles. The lowest BCUT2D eigenvalue weighted by Crippen LogP contribution is -2.45. The zero-order valence-electron chi connectivity index (χ0n) is 14.0. The number of likely N-dealkylation sites (N-methyl/N-ethyl adjacent to an activating group) is 2. The Morgan fingerprint density at radius 2 is 2.12 bits per heavy atom. The molecule has 2 aliphatic rings. The van der Waals surface area contributed by atoms with E-state index < -0.39 is 11.6 Å². The van der Waals surface area contributed by atoms with Crippen molar-refractivity contribution in [2.24, 2.45) is 0 Å². The quantitative estimate of drug-likeness (QED) is 0.748. The Hall–Kier alpha value is -2.41. The number of carbonyl (C=O) groups excluding carboxylic acids is 3. The van der Waals surface area contributed by atoms with Crippen molar-refractivity contribution in [3.63, 3.8) is 0 Å². The van der Waals surface area contributed by atoms with E-state index in [2.05, 4.69) is 10.6 Å². The molecule has 1 aliphatic heterocycles. The zero-order chi connectivity index (χ0) is 17.3. The smallest absolute Gasteiger partial charge is 0.325 e. The van der Waals surface area contributed by atoms with Crippen molar-refractivity contribution in [1.29, 1.82) is 0 Å². The van der Waals surface area contributed by atoms with Crippen molar-refractivity contribution in [2.45, 2.75) is 18.4 Å². The summed E-state index contributed by atoms with van der Waals surface area (Å²) in [5, 5.41) is 5.79. The van der Waals surface area contributed by atoms with E-state index in [0.717, 1.165) is 22.4 Å². The molecular formula is C17H22N4O3. The Morgan fingerprint density at radius 3 is 2.88 bits per heavy atom. The average molecular weight is 330 g/mol. The normalized spacial score (nSPS) is 22.0. The molecule has 1 spiro atoms. The second-order valence-electron chi connectivity index (χ2n) is 6.30. The average Bonchev–Trinajstić information content (AvgIpc) is 3.06. The number of imide groups is 1. The number of amides is 4. The first kappa shape index (κ1) is 16.4. The standard InChI is InChI=1S/C17H22N4O3/c1-18-9-10-20(2)14(22)11-21-15(23)17(19-16(21)24)8-7-12-5-3-4-6-13(12)17/h3-6,18H,7-11H2,1-2H3,(H,19,24). The summed E-state index contributed by atoms with van der Waals surface area (Å²) in [5.41, 5.74) is 0.921. The van der Waals surface area contributed by atoms with Gasteiger partial charge >= 0.3 is 6.03 Å². The number of nitrogens with one attached hydrogen (secondary N) is 2. The molecule has 1 aromatic carbocycles. The predicted octanol–water partition coefficient (Wildman–Crippen LogP) is 0.0577. The van der Waals surface area contributed by atoms with Gasteiger partial charge in [-0.2, -0.15) is 0 Å². The summed E-state index contributed by atoms with van der Waals surface area (Å²) in [5.74, 6) is -0.579. The minimum atomic E-state index is -1.00. The minimum Gasteiger partial charge on any atom is -0.343 e. The van der Waals surface area contributed by atoms with Crippen LogP contribution >= 0.6 is 0 Å². The van der Waals surface area contributed by atoms with E-state index in [4.69, 9.17) is 0 Å². The van der Waals surface area contributed by atoms with E-state index in [9.17, 15) is 14.4 Å². The molecule has 0 saturated carbocycles. The van der Waals surface area contributed by atoms with Crippen LogP contribution in [0, 0.1) is 0 Å². The Balaban J connectivity index is 1.77. The number of urea groups is 1. The number of rotatable bonds is 5. The molecule has 1 heterocycles. The number of carbonyl (C=O) groups is 3. The number of nitrogens with zero attached hydrogens (tertiary/aromatic N) is 2. The molecule has 0 aromatic heterocycles. The molecule has 7 nitrogen and oxygen atoms in total. The molecule has 7 heteroatoms. The van der Waals surface area contributed by atoms with Gasteiger partial charge in [-0.25, -0.2) is 4.79 Å². The summed E-state index contributed by atoms with van der Waals surface area (Å²) in [4.78, 5) is 40.1. The van der Waals surface area contributed by atoms with E-state index in [1.54, 1.807) is 14.1 Å². The first-order valence-electron chi connectivity index (χ1n) is 8.10. The van der Waals surface area contributed by atoms with Crippen molar-refractivity contribution < 1.29 is 14.4 Å². The number of aryl methyl sites for hydroxylation is 1. The maximum atomic E-state index is 12.9. The van der Waals surface area contributed by atoms with Gasteiger partial charge in [-0.05, 0) is 31.0 Å². The van der Waals surface area contributed by atoms with Gasteiger partial charge in [0.1, 0.15) is 12.1 Å². The Bertz CT molecular complexity index is 690. The lowest BCUT2D eigenvalue weighted by Gasteiger charge is -2.23. The molecule has 1 unspecified atom stereocenters. The summed E-state index contributed by atoms with van der Waals surface area (Å²) in [6.07, 6.45) is 1.28. The van der Waals surface area contributed by atoms with E-state index in [1.807, 2.05) is 24.3 Å². The maximum Gasteiger partial charge on any atom is 0.325 e. The molecule has 1 atom stereocenters. The largest absolute Gasteiger partial charge is 0.343 e. The highest BCUT2D eigenvalue weighted by atomic mass is 16.2. The van der Waals surface area contributed by atoms with Crippen LogP contribution in [0.2, 0.25) is 0 Å². The highest BCUT2D eigenvalue weighted by molar-refractivity contribution is 6.09. The van der Waals surface area contributed by atoms with Gasteiger partial charge in [-0.1, -0.05) is 24.3 Å². The van der Waals surface area contributed by atoms with Crippen molar-refractivity contribution in [1.82, 2.24) is 20.4 Å². The Kier molecular flexibility index (Phi) is 4.28. The molecule has 24 heavy (non-hydrogen) atoms. The fourth-order valence-electron chi connectivity index (χ4n) is 3.39. The van der Waals surface area contributed by atoms with Crippen LogP contribution in [0.3, 0.4) is 0 Å². The van der Waals surface area contributed by atoms with Gasteiger partial charge in [0.25, 0.3) is 5.91 Å². The molecule has 4 amide bonds. The molecule has 1 fully saturated rings. The van der Waals surface area contributed by atoms with E-state index >= 15 is 0 Å². The maximum absolute atomic E-state index is 12.9. The monoisotopic (exact) mass is 330 g/mol. The van der Waals surface area contributed by atoms with Crippen molar-refractivity contribution in [3.05, 3.63) is 35.4 Å². The fourth-order valence-corrected chi connectivity index (χ4v) is 3.39. The molecule has 1 saturated heterocycles. The third-order valence-corrected chi connectivity index (χ3v) is 4.84. The zero-order valence-corrected chi connectivity index (χ0v) is 14.0. The second kappa shape index (κ2) is 6.24.